The Balaban J connectivity index is 3.19. The van der Waals surface area contributed by atoms with E-state index in [1.807, 2.05) is 6.07 Å². The predicted octanol–water partition coefficient (Wildman–Crippen LogP) is 1.87. The smallest absolute Gasteiger partial charge is 0.323 e. The van der Waals surface area contributed by atoms with Crippen LogP contribution in [0.25, 0.3) is 0 Å². The van der Waals surface area contributed by atoms with Gasteiger partial charge in [-0.2, -0.15) is 0 Å². The molecular formula is C15H22N2O3. The minimum atomic E-state index is -1.06. The molecular weight excluding hydrogens is 256 g/mol. The summed E-state index contributed by atoms with van der Waals surface area (Å²) in [6, 6.07) is 8.75. The summed E-state index contributed by atoms with van der Waals surface area (Å²) in [5.74, 6) is -1.37. The van der Waals surface area contributed by atoms with Gasteiger partial charge >= 0.3 is 5.97 Å². The summed E-state index contributed by atoms with van der Waals surface area (Å²) in [7, 11) is 0. The molecule has 0 saturated carbocycles. The molecule has 1 amide bonds. The average Bonchev–Trinajstić information content (AvgIpc) is 2.34. The van der Waals surface area contributed by atoms with E-state index >= 15 is 0 Å². The number of hydrogen-bond donors (Lipinski definition) is 2. The lowest BCUT2D eigenvalue weighted by Gasteiger charge is -2.40. The molecule has 5 heteroatoms. The number of para-hydroxylation sites is 1. The summed E-state index contributed by atoms with van der Waals surface area (Å²) in [5, 5.41) is 9.04. The Bertz CT molecular complexity index is 490. The molecule has 0 heterocycles. The monoisotopic (exact) mass is 278 g/mol. The zero-order chi connectivity index (χ0) is 15.6. The first-order chi connectivity index (χ1) is 9.07. The maximum absolute atomic E-state index is 12.7. The molecule has 110 valence electrons. The van der Waals surface area contributed by atoms with Crippen LogP contribution in [0.2, 0.25) is 0 Å². The van der Waals surface area contributed by atoms with E-state index in [0.29, 0.717) is 5.69 Å². The molecule has 20 heavy (non-hydrogen) atoms. The van der Waals surface area contributed by atoms with Crippen molar-refractivity contribution in [2.24, 2.45) is 11.1 Å². The summed E-state index contributed by atoms with van der Waals surface area (Å²) < 4.78 is 0. The third kappa shape index (κ3) is 3.36. The van der Waals surface area contributed by atoms with Crippen molar-refractivity contribution in [1.29, 1.82) is 0 Å². The molecule has 0 atom stereocenters. The van der Waals surface area contributed by atoms with Crippen LogP contribution in [0.15, 0.2) is 30.3 Å². The second kappa shape index (κ2) is 5.63. The first-order valence-electron chi connectivity index (χ1n) is 6.45. The van der Waals surface area contributed by atoms with Crippen LogP contribution in [0.1, 0.15) is 27.7 Å². The lowest BCUT2D eigenvalue weighted by atomic mass is 9.74. The van der Waals surface area contributed by atoms with Crippen LogP contribution in [0.3, 0.4) is 0 Å². The van der Waals surface area contributed by atoms with Gasteiger partial charge in [-0.15, -0.1) is 0 Å². The summed E-state index contributed by atoms with van der Waals surface area (Å²) in [6.45, 7) is 6.59. The highest BCUT2D eigenvalue weighted by molar-refractivity contribution is 6.01. The fourth-order valence-corrected chi connectivity index (χ4v) is 1.64. The highest BCUT2D eigenvalue weighted by Gasteiger charge is 2.43. The number of nitrogens with two attached hydrogens (primary N) is 1. The van der Waals surface area contributed by atoms with Crippen LogP contribution >= 0.6 is 0 Å². The quantitative estimate of drug-likeness (QED) is 0.861. The van der Waals surface area contributed by atoms with Gasteiger partial charge in [0.15, 0.2) is 0 Å². The Kier molecular flexibility index (Phi) is 4.55. The molecule has 0 bridgehead atoms. The maximum atomic E-state index is 12.7. The summed E-state index contributed by atoms with van der Waals surface area (Å²) in [5.41, 5.74) is 4.96. The summed E-state index contributed by atoms with van der Waals surface area (Å²) in [6.07, 6.45) is 0. The van der Waals surface area contributed by atoms with Gasteiger partial charge in [-0.25, -0.2) is 0 Å². The van der Waals surface area contributed by atoms with E-state index in [9.17, 15) is 9.59 Å². The Labute approximate surface area is 119 Å². The lowest BCUT2D eigenvalue weighted by molar-refractivity contribution is -0.138. The van der Waals surface area contributed by atoms with E-state index < -0.39 is 16.9 Å². The molecule has 1 aromatic rings. The van der Waals surface area contributed by atoms with E-state index in [4.69, 9.17) is 10.8 Å². The minimum Gasteiger partial charge on any atom is -0.480 e. The number of carboxylic acids is 1. The zero-order valence-electron chi connectivity index (χ0n) is 12.4. The normalized spacial score (nSPS) is 12.1. The fraction of sp³-hybridized carbons (Fsp3) is 0.467. The Morgan fingerprint density at radius 2 is 1.65 bits per heavy atom. The molecule has 0 saturated heterocycles. The van der Waals surface area contributed by atoms with Crippen molar-refractivity contribution in [2.45, 2.75) is 33.2 Å². The van der Waals surface area contributed by atoms with Gasteiger partial charge in [0.05, 0.1) is 5.41 Å². The van der Waals surface area contributed by atoms with E-state index in [1.165, 1.54) is 4.90 Å². The summed E-state index contributed by atoms with van der Waals surface area (Å²) in [4.78, 5) is 25.0. The summed E-state index contributed by atoms with van der Waals surface area (Å²) >= 11 is 0. The topological polar surface area (TPSA) is 83.6 Å². The molecule has 1 rings (SSSR count). The Morgan fingerprint density at radius 3 is 2.05 bits per heavy atom. The van der Waals surface area contributed by atoms with Gasteiger partial charge < -0.3 is 15.7 Å². The second-order valence-corrected chi connectivity index (χ2v) is 5.97. The molecule has 5 nitrogen and oxygen atoms in total. The van der Waals surface area contributed by atoms with Gasteiger partial charge in [0.2, 0.25) is 5.91 Å². The van der Waals surface area contributed by atoms with Crippen molar-refractivity contribution in [1.82, 2.24) is 0 Å². The SMILES string of the molecule is CC(C)(N)C(C)(C)C(=O)N(CC(=O)O)c1ccccc1. The fourth-order valence-electron chi connectivity index (χ4n) is 1.64. The highest BCUT2D eigenvalue weighted by atomic mass is 16.4. The van der Waals surface area contributed by atoms with Crippen molar-refractivity contribution in [3.05, 3.63) is 30.3 Å². The second-order valence-electron chi connectivity index (χ2n) is 5.97. The minimum absolute atomic E-state index is 0.307. The number of hydrogen-bond acceptors (Lipinski definition) is 3. The number of benzene rings is 1. The van der Waals surface area contributed by atoms with Gasteiger partial charge in [0, 0.05) is 11.2 Å². The van der Waals surface area contributed by atoms with Gasteiger partial charge in [-0.3, -0.25) is 9.59 Å². The van der Waals surface area contributed by atoms with Gasteiger partial charge in [0.1, 0.15) is 6.54 Å². The third-order valence-corrected chi connectivity index (χ3v) is 3.75. The molecule has 0 aliphatic carbocycles. The van der Waals surface area contributed by atoms with Crippen LogP contribution in [-0.4, -0.2) is 29.1 Å². The Hall–Kier alpha value is -1.88. The Morgan fingerprint density at radius 1 is 1.15 bits per heavy atom. The molecule has 1 aromatic carbocycles. The van der Waals surface area contributed by atoms with E-state index in [2.05, 4.69) is 0 Å². The van der Waals surface area contributed by atoms with E-state index in [-0.39, 0.29) is 12.5 Å². The lowest BCUT2D eigenvalue weighted by Crippen LogP contribution is -2.57. The highest BCUT2D eigenvalue weighted by Crippen LogP contribution is 2.32. The molecule has 0 aliphatic heterocycles. The first kappa shape index (κ1) is 16.2. The third-order valence-electron chi connectivity index (χ3n) is 3.75. The molecule has 0 unspecified atom stereocenters. The van der Waals surface area contributed by atoms with Crippen LogP contribution in [0.4, 0.5) is 5.69 Å². The molecule has 3 N–H and O–H groups in total. The number of amides is 1. The average molecular weight is 278 g/mol. The number of nitrogens with zero attached hydrogens (tertiary/aromatic N) is 1. The van der Waals surface area contributed by atoms with Crippen molar-refractivity contribution in [3.63, 3.8) is 0 Å². The number of rotatable bonds is 5. The van der Waals surface area contributed by atoms with Crippen molar-refractivity contribution in [3.8, 4) is 0 Å². The van der Waals surface area contributed by atoms with E-state index in [0.717, 1.165) is 0 Å². The first-order valence-corrected chi connectivity index (χ1v) is 6.45. The number of carbonyl (C=O) groups excluding carboxylic acids is 1. The largest absolute Gasteiger partial charge is 0.480 e. The van der Waals surface area contributed by atoms with Crippen molar-refractivity contribution >= 4 is 17.6 Å². The van der Waals surface area contributed by atoms with Crippen LogP contribution in [-0.2, 0) is 9.59 Å². The molecule has 0 aliphatic rings. The number of carbonyl (C=O) groups is 2. The zero-order valence-corrected chi connectivity index (χ0v) is 12.4. The van der Waals surface area contributed by atoms with Crippen molar-refractivity contribution in [2.75, 3.05) is 11.4 Å². The number of aliphatic carboxylic acids is 1. The molecule has 0 aromatic heterocycles. The van der Waals surface area contributed by atoms with Crippen LogP contribution in [0.5, 0.6) is 0 Å². The number of anilines is 1. The molecule has 0 radical (unpaired) electrons. The maximum Gasteiger partial charge on any atom is 0.323 e. The van der Waals surface area contributed by atoms with Gasteiger partial charge in [-0.05, 0) is 39.8 Å². The number of carboxylic acid groups (broad SMARTS) is 1. The van der Waals surface area contributed by atoms with Gasteiger partial charge in [-0.1, -0.05) is 18.2 Å². The molecule has 0 spiro atoms. The molecule has 0 fully saturated rings. The van der Waals surface area contributed by atoms with Crippen LogP contribution in [0, 0.1) is 5.41 Å². The van der Waals surface area contributed by atoms with Crippen molar-refractivity contribution < 1.29 is 14.7 Å². The van der Waals surface area contributed by atoms with Crippen LogP contribution < -0.4 is 10.6 Å². The van der Waals surface area contributed by atoms with E-state index in [1.54, 1.807) is 52.0 Å². The predicted molar refractivity (Wildman–Crippen MR) is 78.5 cm³/mol. The van der Waals surface area contributed by atoms with Gasteiger partial charge in [0.25, 0.3) is 0 Å². The standard InChI is InChI=1S/C15H22N2O3/c1-14(2,15(3,4)16)13(20)17(10-12(18)19)11-8-6-5-7-9-11/h5-9H,10,16H2,1-4H3,(H,18,19).